The second kappa shape index (κ2) is 2.27. The van der Waals surface area contributed by atoms with Gasteiger partial charge in [-0.2, -0.15) is 0 Å². The quantitative estimate of drug-likeness (QED) is 0.594. The molecule has 1 rings (SSSR count). The fourth-order valence-corrected chi connectivity index (χ4v) is 1.19. The minimum Gasteiger partial charge on any atom is -0.377 e. The summed E-state index contributed by atoms with van der Waals surface area (Å²) in [5.74, 6) is 0. The van der Waals surface area contributed by atoms with Crippen molar-refractivity contribution in [3.63, 3.8) is 0 Å². The van der Waals surface area contributed by atoms with Crippen molar-refractivity contribution < 1.29 is 4.74 Å². The molecule has 0 saturated carbocycles. The van der Waals surface area contributed by atoms with Crippen LogP contribution in [0.2, 0.25) is 0 Å². The molecule has 2 nitrogen and oxygen atoms in total. The second-order valence-corrected chi connectivity index (χ2v) is 3.35. The molecule has 0 amide bonds. The maximum absolute atomic E-state index is 5.08. The predicted octanol–water partition coefficient (Wildman–Crippen LogP) is 0.773. The van der Waals surface area contributed by atoms with E-state index in [4.69, 9.17) is 4.74 Å². The molecule has 0 aromatic heterocycles. The summed E-state index contributed by atoms with van der Waals surface area (Å²) in [6.07, 6.45) is 0. The SMILES string of the molecule is CC(C)NC1(C)COC1. The van der Waals surface area contributed by atoms with E-state index in [1.165, 1.54) is 0 Å². The Bertz CT molecular complexity index is 97.1. The molecule has 0 spiro atoms. The summed E-state index contributed by atoms with van der Waals surface area (Å²) in [6, 6.07) is 0.568. The van der Waals surface area contributed by atoms with E-state index in [1.807, 2.05) is 0 Å². The highest BCUT2D eigenvalue weighted by atomic mass is 16.5. The molecule has 0 unspecified atom stereocenters. The normalized spacial score (nSPS) is 24.0. The molecule has 1 heterocycles. The van der Waals surface area contributed by atoms with Crippen LogP contribution in [0.5, 0.6) is 0 Å². The van der Waals surface area contributed by atoms with Gasteiger partial charge in [0.2, 0.25) is 0 Å². The molecule has 0 aromatic carbocycles. The molecule has 0 atom stereocenters. The minimum absolute atomic E-state index is 0.272. The van der Waals surface area contributed by atoms with Gasteiger partial charge in [0.25, 0.3) is 0 Å². The first-order valence-electron chi connectivity index (χ1n) is 3.48. The third kappa shape index (κ3) is 1.66. The molecule has 1 aliphatic rings. The summed E-state index contributed by atoms with van der Waals surface area (Å²) in [6.45, 7) is 8.24. The minimum atomic E-state index is 0.272. The summed E-state index contributed by atoms with van der Waals surface area (Å²) >= 11 is 0. The van der Waals surface area contributed by atoms with Gasteiger partial charge in [-0.1, -0.05) is 13.8 Å². The van der Waals surface area contributed by atoms with Crippen LogP contribution in [0.1, 0.15) is 20.8 Å². The lowest BCUT2D eigenvalue weighted by atomic mass is 10.00. The van der Waals surface area contributed by atoms with Gasteiger partial charge in [-0.3, -0.25) is 0 Å². The predicted molar refractivity (Wildman–Crippen MR) is 37.5 cm³/mol. The van der Waals surface area contributed by atoms with Crippen molar-refractivity contribution in [1.29, 1.82) is 0 Å². The van der Waals surface area contributed by atoms with Gasteiger partial charge in [0.1, 0.15) is 0 Å². The van der Waals surface area contributed by atoms with Crippen LogP contribution < -0.4 is 5.32 Å². The highest BCUT2D eigenvalue weighted by molar-refractivity contribution is 4.90. The number of hydrogen-bond donors (Lipinski definition) is 1. The fourth-order valence-electron chi connectivity index (χ4n) is 1.19. The molecular formula is C7H15NO. The van der Waals surface area contributed by atoms with Crippen LogP contribution in [-0.2, 0) is 4.74 Å². The van der Waals surface area contributed by atoms with Crippen LogP contribution in [0, 0.1) is 0 Å². The zero-order valence-corrected chi connectivity index (χ0v) is 6.40. The van der Waals surface area contributed by atoms with Gasteiger partial charge in [0.15, 0.2) is 0 Å². The van der Waals surface area contributed by atoms with Crippen LogP contribution in [0.25, 0.3) is 0 Å². The summed E-state index contributed by atoms with van der Waals surface area (Å²) in [7, 11) is 0. The second-order valence-electron chi connectivity index (χ2n) is 3.35. The van der Waals surface area contributed by atoms with Crippen molar-refractivity contribution in [3.05, 3.63) is 0 Å². The van der Waals surface area contributed by atoms with E-state index < -0.39 is 0 Å². The Morgan fingerprint density at radius 3 is 2.11 bits per heavy atom. The first kappa shape index (κ1) is 7.03. The maximum Gasteiger partial charge on any atom is 0.0669 e. The Morgan fingerprint density at radius 1 is 1.44 bits per heavy atom. The van der Waals surface area contributed by atoms with Gasteiger partial charge >= 0.3 is 0 Å². The maximum atomic E-state index is 5.08. The van der Waals surface area contributed by atoms with Crippen molar-refractivity contribution in [3.8, 4) is 0 Å². The molecule has 1 saturated heterocycles. The Kier molecular flexibility index (Phi) is 1.78. The summed E-state index contributed by atoms with van der Waals surface area (Å²) in [4.78, 5) is 0. The highest BCUT2D eigenvalue weighted by Gasteiger charge is 2.32. The molecule has 1 N–H and O–H groups in total. The van der Waals surface area contributed by atoms with Crippen LogP contribution >= 0.6 is 0 Å². The lowest BCUT2D eigenvalue weighted by Crippen LogP contribution is -2.60. The van der Waals surface area contributed by atoms with E-state index >= 15 is 0 Å². The Labute approximate surface area is 56.6 Å². The molecule has 0 radical (unpaired) electrons. The smallest absolute Gasteiger partial charge is 0.0669 e. The fraction of sp³-hybridized carbons (Fsp3) is 1.00. The Hall–Kier alpha value is -0.0800. The van der Waals surface area contributed by atoms with Gasteiger partial charge in [0, 0.05) is 6.04 Å². The largest absolute Gasteiger partial charge is 0.377 e. The number of nitrogens with one attached hydrogen (secondary N) is 1. The van der Waals surface area contributed by atoms with Crippen LogP contribution in [0.4, 0.5) is 0 Å². The van der Waals surface area contributed by atoms with E-state index in [0.717, 1.165) is 13.2 Å². The third-order valence-electron chi connectivity index (χ3n) is 1.48. The van der Waals surface area contributed by atoms with E-state index in [-0.39, 0.29) is 5.54 Å². The molecule has 0 bridgehead atoms. The van der Waals surface area contributed by atoms with Crippen molar-refractivity contribution in [2.24, 2.45) is 0 Å². The third-order valence-corrected chi connectivity index (χ3v) is 1.48. The average molecular weight is 129 g/mol. The van der Waals surface area contributed by atoms with E-state index in [9.17, 15) is 0 Å². The van der Waals surface area contributed by atoms with E-state index in [2.05, 4.69) is 26.1 Å². The summed E-state index contributed by atoms with van der Waals surface area (Å²) in [5, 5.41) is 3.43. The van der Waals surface area contributed by atoms with E-state index in [0.29, 0.717) is 6.04 Å². The van der Waals surface area contributed by atoms with Crippen molar-refractivity contribution in [2.45, 2.75) is 32.4 Å². The molecule has 54 valence electrons. The monoisotopic (exact) mass is 129 g/mol. The van der Waals surface area contributed by atoms with Gasteiger partial charge < -0.3 is 10.1 Å². The van der Waals surface area contributed by atoms with Gasteiger partial charge in [-0.15, -0.1) is 0 Å². The zero-order valence-electron chi connectivity index (χ0n) is 6.40. The standard InChI is InChI=1S/C7H15NO/c1-6(2)8-7(3)4-9-5-7/h6,8H,4-5H2,1-3H3. The molecule has 0 aliphatic carbocycles. The van der Waals surface area contributed by atoms with E-state index in [1.54, 1.807) is 0 Å². The molecule has 1 aliphatic heterocycles. The summed E-state index contributed by atoms with van der Waals surface area (Å²) < 4.78 is 5.08. The van der Waals surface area contributed by atoms with Crippen LogP contribution in [0.3, 0.4) is 0 Å². The highest BCUT2D eigenvalue weighted by Crippen LogP contribution is 2.15. The molecule has 2 heteroatoms. The van der Waals surface area contributed by atoms with Crippen molar-refractivity contribution in [1.82, 2.24) is 5.32 Å². The number of rotatable bonds is 2. The van der Waals surface area contributed by atoms with Crippen molar-refractivity contribution in [2.75, 3.05) is 13.2 Å². The molecular weight excluding hydrogens is 114 g/mol. The Morgan fingerprint density at radius 2 is 2.00 bits per heavy atom. The van der Waals surface area contributed by atoms with Crippen molar-refractivity contribution >= 4 is 0 Å². The van der Waals surface area contributed by atoms with Gasteiger partial charge in [0.05, 0.1) is 18.8 Å². The number of ether oxygens (including phenoxy) is 1. The molecule has 9 heavy (non-hydrogen) atoms. The van der Waals surface area contributed by atoms with Gasteiger partial charge in [-0.05, 0) is 6.92 Å². The number of hydrogen-bond acceptors (Lipinski definition) is 2. The molecule has 1 fully saturated rings. The summed E-state index contributed by atoms with van der Waals surface area (Å²) in [5.41, 5.74) is 0.272. The van der Waals surface area contributed by atoms with Crippen LogP contribution in [0.15, 0.2) is 0 Å². The lowest BCUT2D eigenvalue weighted by Gasteiger charge is -2.40. The Balaban J connectivity index is 2.24. The average Bonchev–Trinajstić information content (AvgIpc) is 1.60. The topological polar surface area (TPSA) is 21.3 Å². The lowest BCUT2D eigenvalue weighted by molar-refractivity contribution is -0.0676. The first-order chi connectivity index (χ1) is 4.12. The zero-order chi connectivity index (χ0) is 6.91. The first-order valence-corrected chi connectivity index (χ1v) is 3.48. The van der Waals surface area contributed by atoms with Gasteiger partial charge in [-0.25, -0.2) is 0 Å². The molecule has 0 aromatic rings. The van der Waals surface area contributed by atoms with Crippen LogP contribution in [-0.4, -0.2) is 24.8 Å².